The standard InChI is InChI=1S/C26H38N4O4/c1-5-30(6-2)17-9-8-15-27-19-23-18-22(14-16-28-23)25(31)34-20-21-10-12-24(13-11-21)29(4)26(32)33-7-3/h10-14,16,18,27H,5-9,15,17,19-20H2,1-4H3. The molecule has 1 N–H and O–H groups in total. The van der Waals surface area contributed by atoms with E-state index in [2.05, 4.69) is 29.0 Å². The number of carbonyl (C=O) groups is 2. The molecule has 0 bridgehead atoms. The Kier molecular flexibility index (Phi) is 12.1. The molecule has 1 heterocycles. The summed E-state index contributed by atoms with van der Waals surface area (Å²) < 4.78 is 10.5. The zero-order valence-corrected chi connectivity index (χ0v) is 20.9. The molecule has 1 aromatic carbocycles. The number of nitrogens with one attached hydrogen (secondary N) is 1. The molecule has 0 aliphatic carbocycles. The Hall–Kier alpha value is -2.97. The number of amides is 1. The molecule has 0 spiro atoms. The number of carbonyl (C=O) groups excluding carboxylic acids is 2. The second kappa shape index (κ2) is 15.0. The van der Waals surface area contributed by atoms with Crippen LogP contribution in [0.4, 0.5) is 10.5 Å². The van der Waals surface area contributed by atoms with E-state index in [1.807, 2.05) is 12.1 Å². The molecule has 0 saturated heterocycles. The van der Waals surface area contributed by atoms with E-state index in [0.717, 1.165) is 50.3 Å². The molecule has 8 nitrogen and oxygen atoms in total. The lowest BCUT2D eigenvalue weighted by Crippen LogP contribution is -2.26. The van der Waals surface area contributed by atoms with Gasteiger partial charge >= 0.3 is 12.1 Å². The maximum Gasteiger partial charge on any atom is 0.413 e. The Labute approximate surface area is 203 Å². The van der Waals surface area contributed by atoms with Gasteiger partial charge in [-0.2, -0.15) is 0 Å². The third-order valence-electron chi connectivity index (χ3n) is 5.57. The number of ether oxygens (including phenoxy) is 2. The first kappa shape index (κ1) is 27.3. The van der Waals surface area contributed by atoms with Crippen molar-refractivity contribution in [1.82, 2.24) is 15.2 Å². The van der Waals surface area contributed by atoms with Crippen LogP contribution in [0.1, 0.15) is 55.2 Å². The molecular formula is C26H38N4O4. The smallest absolute Gasteiger partial charge is 0.413 e. The topological polar surface area (TPSA) is 84.0 Å². The van der Waals surface area contributed by atoms with Crippen LogP contribution >= 0.6 is 0 Å². The Balaban J connectivity index is 1.77. The lowest BCUT2D eigenvalue weighted by molar-refractivity contribution is 0.0472. The van der Waals surface area contributed by atoms with Gasteiger partial charge in [-0.25, -0.2) is 9.59 Å². The molecular weight excluding hydrogens is 432 g/mol. The number of unbranched alkanes of at least 4 members (excludes halogenated alkanes) is 1. The second-order valence-electron chi connectivity index (χ2n) is 7.95. The first-order chi connectivity index (χ1) is 16.5. The quantitative estimate of drug-likeness (QED) is 0.326. The van der Waals surface area contributed by atoms with Crippen molar-refractivity contribution in [1.29, 1.82) is 0 Å². The maximum absolute atomic E-state index is 12.5. The molecule has 0 aliphatic heterocycles. The van der Waals surface area contributed by atoms with E-state index in [-0.39, 0.29) is 6.61 Å². The molecule has 2 aromatic rings. The lowest BCUT2D eigenvalue weighted by Gasteiger charge is -2.17. The SMILES string of the molecule is CCOC(=O)N(C)c1ccc(COC(=O)c2ccnc(CNCCCCN(CC)CC)c2)cc1. The van der Waals surface area contributed by atoms with Gasteiger partial charge in [0, 0.05) is 25.5 Å². The molecule has 0 saturated carbocycles. The highest BCUT2D eigenvalue weighted by Crippen LogP contribution is 2.16. The number of esters is 1. The highest BCUT2D eigenvalue weighted by molar-refractivity contribution is 5.89. The number of pyridine rings is 1. The normalized spacial score (nSPS) is 10.9. The van der Waals surface area contributed by atoms with Crippen molar-refractivity contribution in [2.45, 2.75) is 46.8 Å². The number of rotatable bonds is 14. The number of hydrogen-bond acceptors (Lipinski definition) is 7. The van der Waals surface area contributed by atoms with Crippen molar-refractivity contribution in [3.63, 3.8) is 0 Å². The molecule has 0 aliphatic rings. The summed E-state index contributed by atoms with van der Waals surface area (Å²) in [5, 5.41) is 3.40. The Morgan fingerprint density at radius 3 is 2.41 bits per heavy atom. The van der Waals surface area contributed by atoms with Gasteiger partial charge in [-0.3, -0.25) is 9.88 Å². The van der Waals surface area contributed by atoms with Crippen LogP contribution in [-0.2, 0) is 22.6 Å². The van der Waals surface area contributed by atoms with Gasteiger partial charge in [0.15, 0.2) is 0 Å². The number of benzene rings is 1. The van der Waals surface area contributed by atoms with Gasteiger partial charge in [0.05, 0.1) is 17.9 Å². The van der Waals surface area contributed by atoms with Gasteiger partial charge in [-0.05, 0) is 75.8 Å². The second-order valence-corrected chi connectivity index (χ2v) is 7.95. The predicted octanol–water partition coefficient (Wildman–Crippen LogP) is 4.24. The molecule has 2 rings (SSSR count). The van der Waals surface area contributed by atoms with E-state index in [9.17, 15) is 9.59 Å². The van der Waals surface area contributed by atoms with Gasteiger partial charge < -0.3 is 19.7 Å². The van der Waals surface area contributed by atoms with Crippen LogP contribution < -0.4 is 10.2 Å². The van der Waals surface area contributed by atoms with E-state index in [4.69, 9.17) is 9.47 Å². The summed E-state index contributed by atoms with van der Waals surface area (Å²) in [5.41, 5.74) is 2.82. The highest BCUT2D eigenvalue weighted by atomic mass is 16.6. The highest BCUT2D eigenvalue weighted by Gasteiger charge is 2.12. The Bertz CT molecular complexity index is 885. The Morgan fingerprint density at radius 2 is 1.74 bits per heavy atom. The van der Waals surface area contributed by atoms with Gasteiger partial charge in [-0.15, -0.1) is 0 Å². The monoisotopic (exact) mass is 470 g/mol. The fraction of sp³-hybridized carbons (Fsp3) is 0.500. The van der Waals surface area contributed by atoms with Crippen molar-refractivity contribution in [3.8, 4) is 0 Å². The average molecular weight is 471 g/mol. The molecule has 186 valence electrons. The van der Waals surface area contributed by atoms with Gasteiger partial charge in [-0.1, -0.05) is 26.0 Å². The molecule has 1 amide bonds. The van der Waals surface area contributed by atoms with E-state index < -0.39 is 12.1 Å². The van der Waals surface area contributed by atoms with E-state index in [0.29, 0.717) is 24.4 Å². The molecule has 0 atom stereocenters. The minimum absolute atomic E-state index is 0.144. The first-order valence-corrected chi connectivity index (χ1v) is 12.0. The summed E-state index contributed by atoms with van der Waals surface area (Å²) in [4.78, 5) is 32.5. The van der Waals surface area contributed by atoms with E-state index in [1.165, 1.54) is 4.90 Å². The summed E-state index contributed by atoms with van der Waals surface area (Å²) in [6, 6.07) is 10.6. The van der Waals surface area contributed by atoms with Crippen LogP contribution in [0.5, 0.6) is 0 Å². The van der Waals surface area contributed by atoms with Gasteiger partial charge in [0.25, 0.3) is 0 Å². The molecule has 8 heteroatoms. The van der Waals surface area contributed by atoms with Crippen LogP contribution in [0, 0.1) is 0 Å². The van der Waals surface area contributed by atoms with Crippen LogP contribution in [0.3, 0.4) is 0 Å². The fourth-order valence-corrected chi connectivity index (χ4v) is 3.42. The van der Waals surface area contributed by atoms with Crippen LogP contribution in [-0.4, -0.2) is 61.8 Å². The number of aromatic nitrogens is 1. The number of hydrogen-bond donors (Lipinski definition) is 1. The summed E-state index contributed by atoms with van der Waals surface area (Å²) >= 11 is 0. The van der Waals surface area contributed by atoms with Crippen LogP contribution in [0.25, 0.3) is 0 Å². The van der Waals surface area contributed by atoms with Crippen molar-refractivity contribution in [2.75, 3.05) is 44.7 Å². The van der Waals surface area contributed by atoms with Crippen molar-refractivity contribution >= 4 is 17.7 Å². The van der Waals surface area contributed by atoms with Crippen molar-refractivity contribution in [3.05, 3.63) is 59.4 Å². The van der Waals surface area contributed by atoms with Gasteiger partial charge in [0.1, 0.15) is 6.61 Å². The lowest BCUT2D eigenvalue weighted by atomic mass is 10.2. The van der Waals surface area contributed by atoms with Crippen LogP contribution in [0.2, 0.25) is 0 Å². The molecule has 0 unspecified atom stereocenters. The van der Waals surface area contributed by atoms with Gasteiger partial charge in [0.2, 0.25) is 0 Å². The third kappa shape index (κ3) is 9.11. The van der Waals surface area contributed by atoms with Crippen molar-refractivity contribution in [2.24, 2.45) is 0 Å². The molecule has 0 fully saturated rings. The number of anilines is 1. The largest absolute Gasteiger partial charge is 0.457 e. The zero-order chi connectivity index (χ0) is 24.8. The molecule has 34 heavy (non-hydrogen) atoms. The van der Waals surface area contributed by atoms with Crippen molar-refractivity contribution < 1.29 is 19.1 Å². The fourth-order valence-electron chi connectivity index (χ4n) is 3.42. The van der Waals surface area contributed by atoms with Crippen LogP contribution in [0.15, 0.2) is 42.6 Å². The minimum atomic E-state index is -0.413. The molecule has 1 aromatic heterocycles. The van der Waals surface area contributed by atoms with E-state index >= 15 is 0 Å². The Morgan fingerprint density at radius 1 is 1.00 bits per heavy atom. The zero-order valence-electron chi connectivity index (χ0n) is 20.9. The average Bonchev–Trinajstić information content (AvgIpc) is 2.87. The summed E-state index contributed by atoms with van der Waals surface area (Å²) in [6.45, 7) is 11.4. The first-order valence-electron chi connectivity index (χ1n) is 12.0. The summed E-state index contributed by atoms with van der Waals surface area (Å²) in [7, 11) is 1.65. The predicted molar refractivity (Wildman–Crippen MR) is 134 cm³/mol. The molecule has 0 radical (unpaired) electrons. The van der Waals surface area contributed by atoms with E-state index in [1.54, 1.807) is 44.4 Å². The summed E-state index contributed by atoms with van der Waals surface area (Å²) in [5.74, 6) is -0.393. The summed E-state index contributed by atoms with van der Waals surface area (Å²) in [6.07, 6.45) is 3.49. The minimum Gasteiger partial charge on any atom is -0.457 e. The number of nitrogens with zero attached hydrogens (tertiary/aromatic N) is 3. The maximum atomic E-state index is 12.5. The third-order valence-corrected chi connectivity index (χ3v) is 5.57.